The molecule has 0 aliphatic heterocycles. The molecule has 46 heavy (non-hydrogen) atoms. The van der Waals surface area contributed by atoms with Crippen LogP contribution in [0.2, 0.25) is 0 Å². The minimum Gasteiger partial charge on any atom is -0.480 e. The van der Waals surface area contributed by atoms with E-state index < -0.39 is 51.1 Å². The van der Waals surface area contributed by atoms with Crippen LogP contribution in [0.3, 0.4) is 0 Å². The summed E-state index contributed by atoms with van der Waals surface area (Å²) in [6.45, 7) is 2.76. The van der Waals surface area contributed by atoms with Gasteiger partial charge in [0.1, 0.15) is 12.6 Å². The number of carbonyl (C=O) groups is 3. The molecule has 11 nitrogen and oxygen atoms in total. The molecule has 3 unspecified atom stereocenters. The molecule has 0 bridgehead atoms. The predicted molar refractivity (Wildman–Crippen MR) is 180 cm³/mol. The number of hydrogen-bond donors (Lipinski definition) is 3. The molecule has 0 heterocycles. The number of nitrogens with two attached hydrogens (primary N) is 1. The molecule has 272 valence electrons. The molecule has 0 aliphatic carbocycles. The van der Waals surface area contributed by atoms with Crippen LogP contribution >= 0.6 is 7.82 Å². The summed E-state index contributed by atoms with van der Waals surface area (Å²) in [6, 6.07) is -1.51. The van der Waals surface area contributed by atoms with Crippen molar-refractivity contribution in [3.8, 4) is 0 Å². The Labute approximate surface area is 278 Å². The third-order valence-corrected chi connectivity index (χ3v) is 8.81. The highest BCUT2D eigenvalue weighted by Crippen LogP contribution is 2.43. The van der Waals surface area contributed by atoms with Gasteiger partial charge in [-0.1, -0.05) is 142 Å². The van der Waals surface area contributed by atoms with E-state index in [2.05, 4.69) is 18.4 Å². The first-order valence-electron chi connectivity index (χ1n) is 18.1. The Hall–Kier alpha value is -1.52. The second-order valence-electron chi connectivity index (χ2n) is 12.4. The van der Waals surface area contributed by atoms with Gasteiger partial charge in [-0.3, -0.25) is 23.4 Å². The predicted octanol–water partition coefficient (Wildman–Crippen LogP) is 8.39. The molecular formula is C34H66NO10P. The summed E-state index contributed by atoms with van der Waals surface area (Å²) >= 11 is 0. The van der Waals surface area contributed by atoms with Gasteiger partial charge < -0.3 is 25.2 Å². The lowest BCUT2D eigenvalue weighted by atomic mass is 10.0. The molecule has 0 saturated carbocycles. The quantitative estimate of drug-likeness (QED) is 0.0339. The molecule has 0 spiro atoms. The molecule has 0 aromatic heterocycles. The lowest BCUT2D eigenvalue weighted by Gasteiger charge is -2.20. The number of carboxylic acids is 1. The fraction of sp³-hybridized carbons (Fsp3) is 0.912. The third-order valence-electron chi connectivity index (χ3n) is 7.86. The topological polar surface area (TPSA) is 172 Å². The van der Waals surface area contributed by atoms with Crippen LogP contribution in [0.5, 0.6) is 0 Å². The molecule has 0 saturated heterocycles. The van der Waals surface area contributed by atoms with Gasteiger partial charge in [-0.15, -0.1) is 0 Å². The number of ether oxygens (including phenoxy) is 2. The lowest BCUT2D eigenvalue weighted by Crippen LogP contribution is -2.34. The van der Waals surface area contributed by atoms with Crippen molar-refractivity contribution in [2.24, 2.45) is 5.73 Å². The highest BCUT2D eigenvalue weighted by molar-refractivity contribution is 7.47. The van der Waals surface area contributed by atoms with Gasteiger partial charge in [-0.25, -0.2) is 4.57 Å². The Bertz CT molecular complexity index is 813. The van der Waals surface area contributed by atoms with Crippen LogP contribution in [-0.4, -0.2) is 59.9 Å². The molecule has 0 radical (unpaired) electrons. The van der Waals surface area contributed by atoms with Crippen molar-refractivity contribution in [2.45, 2.75) is 180 Å². The summed E-state index contributed by atoms with van der Waals surface area (Å²) in [6.07, 6.45) is 24.7. The number of phosphoric acid groups is 1. The number of rotatable bonds is 34. The van der Waals surface area contributed by atoms with Crippen LogP contribution in [0.4, 0.5) is 0 Å². The van der Waals surface area contributed by atoms with Gasteiger partial charge in [-0.05, 0) is 12.8 Å². The molecule has 0 aromatic rings. The zero-order chi connectivity index (χ0) is 34.3. The standard InChI is InChI=1S/C34H66NO10P/c1-3-5-7-9-11-13-14-15-16-18-20-22-24-26-33(37)45-30(28-43-46(40,41)44-29-31(35)34(38)39)27-42-32(36)25-23-21-19-17-12-10-8-6-4-2/h30-31H,3-29,35H2,1-2H3,(H,38,39)(H,40,41). The Kier molecular flexibility index (Phi) is 29.8. The van der Waals surface area contributed by atoms with Crippen molar-refractivity contribution in [1.29, 1.82) is 0 Å². The summed E-state index contributed by atoms with van der Waals surface area (Å²) < 4.78 is 32.4. The summed E-state index contributed by atoms with van der Waals surface area (Å²) in [7, 11) is -4.69. The van der Waals surface area contributed by atoms with Gasteiger partial charge in [-0.2, -0.15) is 0 Å². The molecule has 0 amide bonds. The maximum Gasteiger partial charge on any atom is 0.472 e. The van der Waals surface area contributed by atoms with Crippen LogP contribution < -0.4 is 5.73 Å². The van der Waals surface area contributed by atoms with Gasteiger partial charge in [0.05, 0.1) is 13.2 Å². The first-order chi connectivity index (χ1) is 22.1. The van der Waals surface area contributed by atoms with Gasteiger partial charge in [0.25, 0.3) is 0 Å². The summed E-state index contributed by atoms with van der Waals surface area (Å²) in [5.41, 5.74) is 5.30. The number of carboxylic acid groups (broad SMARTS) is 1. The Morgan fingerprint density at radius 1 is 0.587 bits per heavy atom. The van der Waals surface area contributed by atoms with E-state index in [4.69, 9.17) is 24.8 Å². The second-order valence-corrected chi connectivity index (χ2v) is 13.8. The van der Waals surface area contributed by atoms with E-state index in [-0.39, 0.29) is 19.4 Å². The molecule has 0 rings (SSSR count). The first-order valence-corrected chi connectivity index (χ1v) is 19.6. The Balaban J connectivity index is 4.44. The van der Waals surface area contributed by atoms with Crippen LogP contribution in [0.25, 0.3) is 0 Å². The molecule has 0 aromatic carbocycles. The average molecular weight is 680 g/mol. The van der Waals surface area contributed by atoms with Crippen LogP contribution in [0.15, 0.2) is 0 Å². The van der Waals surface area contributed by atoms with Crippen molar-refractivity contribution >= 4 is 25.7 Å². The van der Waals surface area contributed by atoms with Crippen molar-refractivity contribution in [1.82, 2.24) is 0 Å². The number of carbonyl (C=O) groups excluding carboxylic acids is 2. The zero-order valence-corrected chi connectivity index (χ0v) is 29.8. The number of phosphoric ester groups is 1. The minimum absolute atomic E-state index is 0.168. The lowest BCUT2D eigenvalue weighted by molar-refractivity contribution is -0.161. The number of hydrogen-bond acceptors (Lipinski definition) is 9. The van der Waals surface area contributed by atoms with Crippen LogP contribution in [0.1, 0.15) is 168 Å². The van der Waals surface area contributed by atoms with Gasteiger partial charge in [0, 0.05) is 12.8 Å². The van der Waals surface area contributed by atoms with Gasteiger partial charge in [0.15, 0.2) is 6.10 Å². The molecule has 0 fully saturated rings. The highest BCUT2D eigenvalue weighted by Gasteiger charge is 2.28. The SMILES string of the molecule is CCCCCCCCCCCCCCCC(=O)OC(COC(=O)CCCCCCCCCCC)COP(=O)(O)OCC(N)C(=O)O. The molecule has 4 N–H and O–H groups in total. The molecule has 3 atom stereocenters. The second kappa shape index (κ2) is 30.8. The summed E-state index contributed by atoms with van der Waals surface area (Å²) in [4.78, 5) is 45.5. The van der Waals surface area contributed by atoms with E-state index in [1.54, 1.807) is 0 Å². The first kappa shape index (κ1) is 44.5. The fourth-order valence-corrected chi connectivity index (χ4v) is 5.72. The van der Waals surface area contributed by atoms with Gasteiger partial charge in [0.2, 0.25) is 0 Å². The highest BCUT2D eigenvalue weighted by atomic mass is 31.2. The maximum absolute atomic E-state index is 12.5. The van der Waals surface area contributed by atoms with Crippen LogP contribution in [-0.2, 0) is 37.5 Å². The number of unbranched alkanes of at least 4 members (excludes halogenated alkanes) is 20. The van der Waals surface area contributed by atoms with Crippen LogP contribution in [0, 0.1) is 0 Å². The molecular weight excluding hydrogens is 613 g/mol. The van der Waals surface area contributed by atoms with Crippen molar-refractivity contribution in [3.63, 3.8) is 0 Å². The van der Waals surface area contributed by atoms with Crippen molar-refractivity contribution in [3.05, 3.63) is 0 Å². The summed E-state index contributed by atoms with van der Waals surface area (Å²) in [5, 5.41) is 8.83. The summed E-state index contributed by atoms with van der Waals surface area (Å²) in [5.74, 6) is -2.37. The fourth-order valence-electron chi connectivity index (χ4n) is 4.95. The van der Waals surface area contributed by atoms with E-state index in [1.165, 1.54) is 89.9 Å². The molecule has 12 heteroatoms. The van der Waals surface area contributed by atoms with E-state index in [0.29, 0.717) is 12.8 Å². The monoisotopic (exact) mass is 679 g/mol. The largest absolute Gasteiger partial charge is 0.480 e. The molecule has 0 aliphatic rings. The van der Waals surface area contributed by atoms with E-state index in [9.17, 15) is 23.8 Å². The Morgan fingerprint density at radius 2 is 0.957 bits per heavy atom. The van der Waals surface area contributed by atoms with Crippen molar-refractivity contribution < 1.29 is 47.5 Å². The number of esters is 2. The smallest absolute Gasteiger partial charge is 0.472 e. The zero-order valence-electron chi connectivity index (χ0n) is 28.9. The maximum atomic E-state index is 12.5. The van der Waals surface area contributed by atoms with E-state index >= 15 is 0 Å². The van der Waals surface area contributed by atoms with E-state index in [1.807, 2.05) is 0 Å². The number of aliphatic carboxylic acids is 1. The van der Waals surface area contributed by atoms with E-state index in [0.717, 1.165) is 38.5 Å². The third kappa shape index (κ3) is 29.9. The normalized spacial score (nSPS) is 14.0. The average Bonchev–Trinajstić information content (AvgIpc) is 3.02. The van der Waals surface area contributed by atoms with Crippen molar-refractivity contribution in [2.75, 3.05) is 19.8 Å². The van der Waals surface area contributed by atoms with Gasteiger partial charge >= 0.3 is 25.7 Å². The minimum atomic E-state index is -4.69. The Morgan fingerprint density at radius 3 is 1.37 bits per heavy atom.